The summed E-state index contributed by atoms with van der Waals surface area (Å²) in [5.74, 6) is 0.629. The highest BCUT2D eigenvalue weighted by Gasteiger charge is 2.21. The second-order valence-electron chi connectivity index (χ2n) is 5.63. The molecule has 100 valence electrons. The molecule has 1 aliphatic rings. The van der Waals surface area contributed by atoms with Crippen molar-refractivity contribution in [3.05, 3.63) is 29.1 Å². The number of hydrogen-bond acceptors (Lipinski definition) is 2. The minimum absolute atomic E-state index is 0.140. The Morgan fingerprint density at radius 2 is 2.11 bits per heavy atom. The third-order valence-electron chi connectivity index (χ3n) is 3.97. The average molecular weight is 250 g/mol. The van der Waals surface area contributed by atoms with E-state index < -0.39 is 0 Å². The lowest BCUT2D eigenvalue weighted by Gasteiger charge is -2.33. The van der Waals surface area contributed by atoms with Crippen molar-refractivity contribution in [3.63, 3.8) is 0 Å². The van der Waals surface area contributed by atoms with E-state index in [1.54, 1.807) is 13.0 Å². The first-order valence-electron chi connectivity index (χ1n) is 6.75. The van der Waals surface area contributed by atoms with Crippen molar-refractivity contribution in [2.24, 2.45) is 11.7 Å². The topological polar surface area (TPSA) is 29.3 Å². The number of rotatable bonds is 4. The molecule has 1 saturated carbocycles. The van der Waals surface area contributed by atoms with E-state index in [1.165, 1.54) is 19.3 Å². The first kappa shape index (κ1) is 13.3. The van der Waals surface area contributed by atoms with Crippen LogP contribution in [0.25, 0.3) is 0 Å². The second kappa shape index (κ2) is 5.27. The molecule has 1 unspecified atom stereocenters. The predicted octanol–water partition coefficient (Wildman–Crippen LogP) is 3.39. The van der Waals surface area contributed by atoms with Crippen LogP contribution < -0.4 is 10.6 Å². The van der Waals surface area contributed by atoms with E-state index in [1.807, 2.05) is 13.0 Å². The zero-order valence-corrected chi connectivity index (χ0v) is 11.5. The largest absolute Gasteiger partial charge is 0.374 e. The van der Waals surface area contributed by atoms with Crippen molar-refractivity contribution >= 4 is 5.69 Å². The van der Waals surface area contributed by atoms with Gasteiger partial charge in [-0.15, -0.1) is 0 Å². The summed E-state index contributed by atoms with van der Waals surface area (Å²) < 4.78 is 13.6. The molecule has 1 aromatic carbocycles. The third-order valence-corrected chi connectivity index (χ3v) is 3.97. The van der Waals surface area contributed by atoms with E-state index in [-0.39, 0.29) is 11.9 Å². The molecule has 2 rings (SSSR count). The van der Waals surface area contributed by atoms with Gasteiger partial charge in [-0.05, 0) is 55.9 Å². The molecule has 0 radical (unpaired) electrons. The highest BCUT2D eigenvalue weighted by atomic mass is 19.1. The molecule has 3 heteroatoms. The molecule has 2 nitrogen and oxygen atoms in total. The summed E-state index contributed by atoms with van der Waals surface area (Å²) in [6.45, 7) is 4.76. The van der Waals surface area contributed by atoms with Crippen molar-refractivity contribution in [1.29, 1.82) is 0 Å². The van der Waals surface area contributed by atoms with Crippen LogP contribution in [0.2, 0.25) is 0 Å². The maximum Gasteiger partial charge on any atom is 0.126 e. The second-order valence-corrected chi connectivity index (χ2v) is 5.63. The summed E-state index contributed by atoms with van der Waals surface area (Å²) in [4.78, 5) is 2.23. The first-order chi connectivity index (χ1) is 8.49. The van der Waals surface area contributed by atoms with E-state index >= 15 is 0 Å². The van der Waals surface area contributed by atoms with Crippen LogP contribution in [0.3, 0.4) is 0 Å². The van der Waals surface area contributed by atoms with Gasteiger partial charge in [-0.2, -0.15) is 0 Å². The Kier molecular flexibility index (Phi) is 3.91. The number of anilines is 1. The van der Waals surface area contributed by atoms with E-state index in [2.05, 4.69) is 11.9 Å². The van der Waals surface area contributed by atoms with Gasteiger partial charge >= 0.3 is 0 Å². The average Bonchev–Trinajstić information content (AvgIpc) is 2.26. The molecule has 0 saturated heterocycles. The maximum absolute atomic E-state index is 13.6. The van der Waals surface area contributed by atoms with Crippen LogP contribution in [0.5, 0.6) is 0 Å². The van der Waals surface area contributed by atoms with E-state index in [0.29, 0.717) is 5.56 Å². The molecule has 0 bridgehead atoms. The Labute approximate surface area is 109 Å². The molecule has 2 N–H and O–H groups in total. The van der Waals surface area contributed by atoms with E-state index in [4.69, 9.17) is 5.73 Å². The Morgan fingerprint density at radius 3 is 2.61 bits per heavy atom. The van der Waals surface area contributed by atoms with Gasteiger partial charge in [0.05, 0.1) is 0 Å². The number of halogens is 1. The van der Waals surface area contributed by atoms with Gasteiger partial charge < -0.3 is 10.6 Å². The van der Waals surface area contributed by atoms with Crippen LogP contribution >= 0.6 is 0 Å². The van der Waals surface area contributed by atoms with Crippen LogP contribution in [0.1, 0.15) is 43.4 Å². The summed E-state index contributed by atoms with van der Waals surface area (Å²) in [6, 6.07) is 3.37. The minimum Gasteiger partial charge on any atom is -0.374 e. The van der Waals surface area contributed by atoms with Gasteiger partial charge in [-0.1, -0.05) is 6.42 Å². The molecule has 1 aromatic rings. The molecule has 1 atom stereocenters. The number of nitrogens with zero attached hydrogens (tertiary/aromatic N) is 1. The Balaban J connectivity index is 2.25. The monoisotopic (exact) mass is 250 g/mol. The molecule has 0 amide bonds. The standard InChI is InChI=1S/C15H23FN2/c1-10-7-15(13(11(2)17)8-14(10)16)18(3)9-12-5-4-6-12/h7-8,11-12H,4-6,9,17H2,1-3H3. The highest BCUT2D eigenvalue weighted by Crippen LogP contribution is 2.32. The molecule has 0 aliphatic heterocycles. The third kappa shape index (κ3) is 2.66. The van der Waals surface area contributed by atoms with E-state index in [9.17, 15) is 4.39 Å². The SMILES string of the molecule is Cc1cc(N(C)CC2CCC2)c(C(C)N)cc1F. The van der Waals surface area contributed by atoms with Crippen molar-refractivity contribution in [1.82, 2.24) is 0 Å². The van der Waals surface area contributed by atoms with Gasteiger partial charge in [-0.3, -0.25) is 0 Å². The van der Waals surface area contributed by atoms with Crippen LogP contribution in [-0.2, 0) is 0 Å². The van der Waals surface area contributed by atoms with Crippen LogP contribution in [0.15, 0.2) is 12.1 Å². The zero-order valence-electron chi connectivity index (χ0n) is 11.5. The summed E-state index contributed by atoms with van der Waals surface area (Å²) in [5, 5.41) is 0. The molecule has 18 heavy (non-hydrogen) atoms. The molecular weight excluding hydrogens is 227 g/mol. The van der Waals surface area contributed by atoms with Gasteiger partial charge in [-0.25, -0.2) is 4.39 Å². The molecule has 1 aliphatic carbocycles. The van der Waals surface area contributed by atoms with Gasteiger partial charge in [0.25, 0.3) is 0 Å². The lowest BCUT2D eigenvalue weighted by atomic mass is 9.85. The summed E-state index contributed by atoms with van der Waals surface area (Å²) in [5.41, 5.74) is 8.63. The van der Waals surface area contributed by atoms with Crippen molar-refractivity contribution < 1.29 is 4.39 Å². The lowest BCUT2D eigenvalue weighted by Crippen LogP contribution is -2.30. The van der Waals surface area contributed by atoms with Crippen molar-refractivity contribution in [2.75, 3.05) is 18.5 Å². The Hall–Kier alpha value is -1.09. The molecule has 0 aromatic heterocycles. The van der Waals surface area contributed by atoms with E-state index in [0.717, 1.165) is 23.7 Å². The van der Waals surface area contributed by atoms with Crippen LogP contribution in [0.4, 0.5) is 10.1 Å². The fourth-order valence-electron chi connectivity index (χ4n) is 2.54. The summed E-state index contributed by atoms with van der Waals surface area (Å²) >= 11 is 0. The van der Waals surface area contributed by atoms with Gasteiger partial charge in [0.2, 0.25) is 0 Å². The number of benzene rings is 1. The summed E-state index contributed by atoms with van der Waals surface area (Å²) in [7, 11) is 2.08. The smallest absolute Gasteiger partial charge is 0.126 e. The van der Waals surface area contributed by atoms with Crippen LogP contribution in [0, 0.1) is 18.7 Å². The molecule has 1 fully saturated rings. The highest BCUT2D eigenvalue weighted by molar-refractivity contribution is 5.56. The fraction of sp³-hybridized carbons (Fsp3) is 0.600. The van der Waals surface area contributed by atoms with Crippen molar-refractivity contribution in [3.8, 4) is 0 Å². The Bertz CT molecular complexity index is 425. The minimum atomic E-state index is -0.164. The van der Waals surface area contributed by atoms with Gasteiger partial charge in [0.1, 0.15) is 5.82 Å². The molecule has 0 heterocycles. The number of hydrogen-bond donors (Lipinski definition) is 1. The van der Waals surface area contributed by atoms with Crippen molar-refractivity contribution in [2.45, 2.75) is 39.2 Å². The first-order valence-corrected chi connectivity index (χ1v) is 6.75. The maximum atomic E-state index is 13.6. The zero-order chi connectivity index (χ0) is 13.3. The van der Waals surface area contributed by atoms with Crippen LogP contribution in [-0.4, -0.2) is 13.6 Å². The molecule has 0 spiro atoms. The Morgan fingerprint density at radius 1 is 1.44 bits per heavy atom. The lowest BCUT2D eigenvalue weighted by molar-refractivity contribution is 0.321. The predicted molar refractivity (Wildman–Crippen MR) is 74.4 cm³/mol. The van der Waals surface area contributed by atoms with Gasteiger partial charge in [0, 0.05) is 25.3 Å². The number of aryl methyl sites for hydroxylation is 1. The quantitative estimate of drug-likeness (QED) is 0.887. The molecular formula is C15H23FN2. The fourth-order valence-corrected chi connectivity index (χ4v) is 2.54. The summed E-state index contributed by atoms with van der Waals surface area (Å²) in [6.07, 6.45) is 3.98. The normalized spacial score (nSPS) is 17.4. The van der Waals surface area contributed by atoms with Gasteiger partial charge in [0.15, 0.2) is 0 Å². The number of nitrogens with two attached hydrogens (primary N) is 1.